The standard InChI is InChI=1S/C14H19N3O3/c1-20-9-8-17(12-6-7-12)14(18)11-4-2-10(3-5-11)13(15)16-19/h2-5,12,19H,6-9H2,1H3,(H2,15,16). The molecule has 0 radical (unpaired) electrons. The van der Waals surface area contributed by atoms with Gasteiger partial charge in [0.1, 0.15) is 0 Å². The molecule has 1 aliphatic rings. The summed E-state index contributed by atoms with van der Waals surface area (Å²) >= 11 is 0. The lowest BCUT2D eigenvalue weighted by molar-refractivity contribution is 0.0680. The van der Waals surface area contributed by atoms with Gasteiger partial charge >= 0.3 is 0 Å². The first kappa shape index (κ1) is 14.3. The van der Waals surface area contributed by atoms with Crippen LogP contribution in [0.5, 0.6) is 0 Å². The number of amides is 1. The Morgan fingerprint density at radius 2 is 2.00 bits per heavy atom. The maximum atomic E-state index is 12.4. The number of nitrogens with zero attached hydrogens (tertiary/aromatic N) is 2. The number of carbonyl (C=O) groups excluding carboxylic acids is 1. The third-order valence-electron chi connectivity index (χ3n) is 3.32. The molecule has 1 saturated carbocycles. The van der Waals surface area contributed by atoms with E-state index in [4.69, 9.17) is 15.7 Å². The van der Waals surface area contributed by atoms with E-state index in [1.165, 1.54) is 0 Å². The first-order chi connectivity index (χ1) is 9.67. The number of methoxy groups -OCH3 is 1. The summed E-state index contributed by atoms with van der Waals surface area (Å²) in [6, 6.07) is 7.06. The van der Waals surface area contributed by atoms with Gasteiger partial charge < -0.3 is 20.6 Å². The Morgan fingerprint density at radius 3 is 2.50 bits per heavy atom. The molecule has 1 amide bonds. The molecule has 0 atom stereocenters. The Hall–Kier alpha value is -2.08. The number of hydrogen-bond acceptors (Lipinski definition) is 4. The third-order valence-corrected chi connectivity index (χ3v) is 3.32. The van der Waals surface area contributed by atoms with E-state index >= 15 is 0 Å². The summed E-state index contributed by atoms with van der Waals surface area (Å²) in [5.74, 6) is 0.0260. The van der Waals surface area contributed by atoms with E-state index in [1.807, 2.05) is 4.90 Å². The molecule has 0 spiro atoms. The second-order valence-corrected chi connectivity index (χ2v) is 4.79. The quantitative estimate of drug-likeness (QED) is 0.352. The normalized spacial score (nSPS) is 15.2. The molecule has 0 bridgehead atoms. The lowest BCUT2D eigenvalue weighted by atomic mass is 10.1. The van der Waals surface area contributed by atoms with Gasteiger partial charge in [-0.3, -0.25) is 4.79 Å². The molecule has 0 unspecified atom stereocenters. The Kier molecular flexibility index (Phi) is 4.57. The largest absolute Gasteiger partial charge is 0.409 e. The predicted octanol–water partition coefficient (Wildman–Crippen LogP) is 1.03. The molecule has 1 aliphatic carbocycles. The van der Waals surface area contributed by atoms with Gasteiger partial charge in [0, 0.05) is 30.8 Å². The second kappa shape index (κ2) is 6.38. The van der Waals surface area contributed by atoms with Crippen LogP contribution in [0.15, 0.2) is 29.4 Å². The third kappa shape index (κ3) is 3.27. The van der Waals surface area contributed by atoms with E-state index in [9.17, 15) is 4.79 Å². The maximum Gasteiger partial charge on any atom is 0.254 e. The van der Waals surface area contributed by atoms with Gasteiger partial charge in [-0.2, -0.15) is 0 Å². The number of benzene rings is 1. The summed E-state index contributed by atoms with van der Waals surface area (Å²) in [5.41, 5.74) is 6.67. The van der Waals surface area contributed by atoms with Crippen LogP contribution >= 0.6 is 0 Å². The molecule has 0 saturated heterocycles. The highest BCUT2D eigenvalue weighted by molar-refractivity contribution is 5.99. The summed E-state index contributed by atoms with van der Waals surface area (Å²) in [7, 11) is 1.63. The SMILES string of the molecule is COCCN(C(=O)c1ccc(C(N)=NO)cc1)C1CC1. The smallest absolute Gasteiger partial charge is 0.254 e. The molecule has 1 aromatic carbocycles. The van der Waals surface area contributed by atoms with Crippen molar-refractivity contribution < 1.29 is 14.7 Å². The number of rotatable bonds is 6. The lowest BCUT2D eigenvalue weighted by Crippen LogP contribution is -2.35. The van der Waals surface area contributed by atoms with Crippen molar-refractivity contribution in [2.45, 2.75) is 18.9 Å². The monoisotopic (exact) mass is 277 g/mol. The molecule has 1 fully saturated rings. The molecular weight excluding hydrogens is 258 g/mol. The van der Waals surface area contributed by atoms with Crippen LogP contribution in [0, 0.1) is 0 Å². The predicted molar refractivity (Wildman–Crippen MR) is 74.9 cm³/mol. The van der Waals surface area contributed by atoms with Gasteiger partial charge in [0.25, 0.3) is 5.91 Å². The fourth-order valence-electron chi connectivity index (χ4n) is 2.03. The van der Waals surface area contributed by atoms with Gasteiger partial charge in [-0.05, 0) is 25.0 Å². The van der Waals surface area contributed by atoms with Gasteiger partial charge in [-0.1, -0.05) is 17.3 Å². The molecule has 108 valence electrons. The first-order valence-electron chi connectivity index (χ1n) is 6.55. The molecule has 0 heterocycles. The molecule has 6 heteroatoms. The number of hydrogen-bond donors (Lipinski definition) is 2. The number of nitrogens with two attached hydrogens (primary N) is 1. The highest BCUT2D eigenvalue weighted by Gasteiger charge is 2.32. The summed E-state index contributed by atoms with van der Waals surface area (Å²) in [4.78, 5) is 14.3. The lowest BCUT2D eigenvalue weighted by Gasteiger charge is -2.22. The van der Waals surface area contributed by atoms with Crippen LogP contribution in [-0.2, 0) is 4.74 Å². The Balaban J connectivity index is 2.10. The van der Waals surface area contributed by atoms with Crippen LogP contribution < -0.4 is 5.73 Å². The van der Waals surface area contributed by atoms with Crippen molar-refractivity contribution in [3.63, 3.8) is 0 Å². The minimum Gasteiger partial charge on any atom is -0.409 e. The zero-order valence-electron chi connectivity index (χ0n) is 11.5. The van der Waals surface area contributed by atoms with Crippen molar-refractivity contribution in [2.75, 3.05) is 20.3 Å². The van der Waals surface area contributed by atoms with Crippen molar-refractivity contribution in [1.29, 1.82) is 0 Å². The fourth-order valence-corrected chi connectivity index (χ4v) is 2.03. The minimum atomic E-state index is -0.00407. The van der Waals surface area contributed by atoms with Gasteiger partial charge in [-0.15, -0.1) is 0 Å². The van der Waals surface area contributed by atoms with Crippen LogP contribution in [0.4, 0.5) is 0 Å². The van der Waals surface area contributed by atoms with Crippen LogP contribution in [0.1, 0.15) is 28.8 Å². The second-order valence-electron chi connectivity index (χ2n) is 4.79. The van der Waals surface area contributed by atoms with E-state index in [2.05, 4.69) is 5.16 Å². The first-order valence-corrected chi connectivity index (χ1v) is 6.55. The van der Waals surface area contributed by atoms with Crippen molar-refractivity contribution >= 4 is 11.7 Å². The Morgan fingerprint density at radius 1 is 1.40 bits per heavy atom. The van der Waals surface area contributed by atoms with Crippen LogP contribution in [-0.4, -0.2) is 48.2 Å². The highest BCUT2D eigenvalue weighted by atomic mass is 16.5. The topological polar surface area (TPSA) is 88.2 Å². The average molecular weight is 277 g/mol. The Labute approximate surface area is 117 Å². The van der Waals surface area contributed by atoms with Crippen molar-refractivity contribution in [3.8, 4) is 0 Å². The van der Waals surface area contributed by atoms with Gasteiger partial charge in [0.05, 0.1) is 6.61 Å². The van der Waals surface area contributed by atoms with Crippen LogP contribution in [0.25, 0.3) is 0 Å². The van der Waals surface area contributed by atoms with E-state index in [1.54, 1.807) is 31.4 Å². The maximum absolute atomic E-state index is 12.4. The van der Waals surface area contributed by atoms with Gasteiger partial charge in [-0.25, -0.2) is 0 Å². The summed E-state index contributed by atoms with van der Waals surface area (Å²) in [6.07, 6.45) is 2.11. The summed E-state index contributed by atoms with van der Waals surface area (Å²) < 4.78 is 5.05. The molecule has 0 aliphatic heterocycles. The summed E-state index contributed by atoms with van der Waals surface area (Å²) in [6.45, 7) is 1.13. The van der Waals surface area contributed by atoms with Crippen molar-refractivity contribution in [1.82, 2.24) is 4.90 Å². The number of ether oxygens (including phenoxy) is 1. The van der Waals surface area contributed by atoms with Gasteiger partial charge in [0.2, 0.25) is 0 Å². The summed E-state index contributed by atoms with van der Waals surface area (Å²) in [5, 5.41) is 11.5. The minimum absolute atomic E-state index is 0.00407. The number of carbonyl (C=O) groups is 1. The van der Waals surface area contributed by atoms with Crippen LogP contribution in [0.2, 0.25) is 0 Å². The van der Waals surface area contributed by atoms with E-state index in [0.717, 1.165) is 12.8 Å². The molecular formula is C14H19N3O3. The number of oxime groups is 1. The molecule has 3 N–H and O–H groups in total. The molecule has 0 aromatic heterocycles. The van der Waals surface area contributed by atoms with Crippen LogP contribution in [0.3, 0.4) is 0 Å². The Bertz CT molecular complexity index is 495. The van der Waals surface area contributed by atoms with E-state index < -0.39 is 0 Å². The van der Waals surface area contributed by atoms with E-state index in [0.29, 0.717) is 30.3 Å². The average Bonchev–Trinajstić information content (AvgIpc) is 3.31. The van der Waals surface area contributed by atoms with E-state index in [-0.39, 0.29) is 11.7 Å². The van der Waals surface area contributed by atoms with Crippen molar-refractivity contribution in [3.05, 3.63) is 35.4 Å². The van der Waals surface area contributed by atoms with Gasteiger partial charge in [0.15, 0.2) is 5.84 Å². The number of amidine groups is 1. The molecule has 20 heavy (non-hydrogen) atoms. The highest BCUT2D eigenvalue weighted by Crippen LogP contribution is 2.28. The molecule has 6 nitrogen and oxygen atoms in total. The molecule has 1 aromatic rings. The zero-order valence-corrected chi connectivity index (χ0v) is 11.5. The van der Waals surface area contributed by atoms with Crippen molar-refractivity contribution in [2.24, 2.45) is 10.9 Å². The molecule has 2 rings (SSSR count). The fraction of sp³-hybridized carbons (Fsp3) is 0.429. The zero-order chi connectivity index (χ0) is 14.5.